The van der Waals surface area contributed by atoms with Crippen LogP contribution in [0.15, 0.2) is 72.5 Å². The SMILES string of the molecule is COC1=C[C@]23C=C[C@H]1C1c4ccccc4C2(COC3)c2ccccc21. The molecule has 1 heterocycles. The summed E-state index contributed by atoms with van der Waals surface area (Å²) in [5.74, 6) is 1.64. The van der Waals surface area contributed by atoms with Crippen molar-refractivity contribution in [3.05, 3.63) is 94.8 Å². The minimum absolute atomic E-state index is 0.164. The molecular formula is C23H20O2. The van der Waals surface area contributed by atoms with Crippen molar-refractivity contribution in [3.8, 4) is 0 Å². The monoisotopic (exact) mass is 328 g/mol. The van der Waals surface area contributed by atoms with E-state index in [1.54, 1.807) is 7.11 Å². The van der Waals surface area contributed by atoms with Gasteiger partial charge < -0.3 is 9.47 Å². The van der Waals surface area contributed by atoms with Gasteiger partial charge in [0, 0.05) is 17.3 Å². The number of methoxy groups -OCH3 is 1. The summed E-state index contributed by atoms with van der Waals surface area (Å²) in [6, 6.07) is 18.0. The minimum Gasteiger partial charge on any atom is -0.501 e. The Bertz CT molecular complexity index is 907. The second kappa shape index (κ2) is 4.44. The maximum absolute atomic E-state index is 6.20. The zero-order valence-electron chi connectivity index (χ0n) is 14.2. The van der Waals surface area contributed by atoms with E-state index in [9.17, 15) is 0 Å². The predicted octanol–water partition coefficient (Wildman–Crippen LogP) is 4.16. The molecule has 0 N–H and O–H groups in total. The van der Waals surface area contributed by atoms with Crippen LogP contribution in [0.3, 0.4) is 0 Å². The molecule has 2 spiro atoms. The van der Waals surface area contributed by atoms with Crippen LogP contribution >= 0.6 is 0 Å². The molecule has 2 nitrogen and oxygen atoms in total. The summed E-state index contributed by atoms with van der Waals surface area (Å²) in [7, 11) is 1.81. The molecular weight excluding hydrogens is 308 g/mol. The number of hydrogen-bond acceptors (Lipinski definition) is 2. The molecule has 2 aromatic carbocycles. The summed E-state index contributed by atoms with van der Waals surface area (Å²) >= 11 is 0. The zero-order valence-corrected chi connectivity index (χ0v) is 14.2. The molecule has 0 radical (unpaired) electrons. The van der Waals surface area contributed by atoms with E-state index in [0.29, 0.717) is 12.5 Å². The highest BCUT2D eigenvalue weighted by Gasteiger charge is 2.62. The summed E-state index contributed by atoms with van der Waals surface area (Å²) in [6.07, 6.45) is 7.15. The predicted molar refractivity (Wildman–Crippen MR) is 96.5 cm³/mol. The molecule has 1 saturated heterocycles. The zero-order chi connectivity index (χ0) is 16.6. The van der Waals surface area contributed by atoms with Crippen molar-refractivity contribution in [2.75, 3.05) is 20.3 Å². The van der Waals surface area contributed by atoms with Crippen LogP contribution in [0.4, 0.5) is 0 Å². The Hall–Kier alpha value is -2.32. The van der Waals surface area contributed by atoms with E-state index in [4.69, 9.17) is 9.47 Å². The third-order valence-electron chi connectivity index (χ3n) is 6.89. The molecule has 0 amide bonds. The van der Waals surface area contributed by atoms with Gasteiger partial charge in [0.25, 0.3) is 0 Å². The maximum Gasteiger partial charge on any atom is 0.100 e. The number of allylic oxidation sites excluding steroid dienone is 1. The minimum atomic E-state index is -0.174. The highest BCUT2D eigenvalue weighted by Crippen LogP contribution is 2.65. The Balaban J connectivity index is 1.83. The lowest BCUT2D eigenvalue weighted by molar-refractivity contribution is 0.174. The summed E-state index contributed by atoms with van der Waals surface area (Å²) in [5.41, 5.74) is 5.42. The van der Waals surface area contributed by atoms with Gasteiger partial charge in [0.15, 0.2) is 0 Å². The quantitative estimate of drug-likeness (QED) is 0.732. The fraction of sp³-hybridized carbons (Fsp3) is 0.304. The summed E-state index contributed by atoms with van der Waals surface area (Å²) in [6.45, 7) is 1.42. The molecule has 1 fully saturated rings. The van der Waals surface area contributed by atoms with Crippen molar-refractivity contribution in [2.24, 2.45) is 11.3 Å². The Morgan fingerprint density at radius 2 is 1.64 bits per heavy atom. The first-order valence-electron chi connectivity index (χ1n) is 9.03. The van der Waals surface area contributed by atoms with Crippen molar-refractivity contribution >= 4 is 0 Å². The van der Waals surface area contributed by atoms with Gasteiger partial charge in [-0.2, -0.15) is 0 Å². The van der Waals surface area contributed by atoms with Crippen LogP contribution in [0.1, 0.15) is 28.2 Å². The van der Waals surface area contributed by atoms with Crippen molar-refractivity contribution in [1.82, 2.24) is 0 Å². The van der Waals surface area contributed by atoms with Gasteiger partial charge in [-0.25, -0.2) is 0 Å². The van der Waals surface area contributed by atoms with Crippen LogP contribution in [0, 0.1) is 11.3 Å². The third-order valence-corrected chi connectivity index (χ3v) is 6.89. The molecule has 7 aliphatic rings. The second-order valence-electron chi connectivity index (χ2n) is 7.73. The van der Waals surface area contributed by atoms with E-state index in [1.165, 1.54) is 22.3 Å². The maximum atomic E-state index is 6.20. The van der Waals surface area contributed by atoms with E-state index >= 15 is 0 Å². The van der Waals surface area contributed by atoms with Crippen LogP contribution in [0.25, 0.3) is 0 Å². The van der Waals surface area contributed by atoms with Crippen molar-refractivity contribution in [2.45, 2.75) is 11.3 Å². The molecule has 1 aliphatic heterocycles. The van der Waals surface area contributed by atoms with Crippen LogP contribution < -0.4 is 0 Å². The Kier molecular flexibility index (Phi) is 2.47. The molecule has 2 atom stereocenters. The van der Waals surface area contributed by atoms with Crippen LogP contribution in [-0.2, 0) is 14.9 Å². The average Bonchev–Trinajstić information content (AvgIpc) is 2.98. The molecule has 6 aliphatic carbocycles. The van der Waals surface area contributed by atoms with Gasteiger partial charge in [-0.15, -0.1) is 0 Å². The molecule has 0 unspecified atom stereocenters. The Morgan fingerprint density at radius 3 is 2.32 bits per heavy atom. The van der Waals surface area contributed by atoms with Crippen LogP contribution in [0.2, 0.25) is 0 Å². The summed E-state index contributed by atoms with van der Waals surface area (Å²) in [4.78, 5) is 0. The molecule has 0 aromatic heterocycles. The van der Waals surface area contributed by atoms with Crippen molar-refractivity contribution in [3.63, 3.8) is 0 Å². The summed E-state index contributed by atoms with van der Waals surface area (Å²) < 4.78 is 12.1. The van der Waals surface area contributed by atoms with Gasteiger partial charge in [0.1, 0.15) is 5.76 Å². The Morgan fingerprint density at radius 1 is 0.960 bits per heavy atom. The lowest BCUT2D eigenvalue weighted by atomic mass is 9.48. The van der Waals surface area contributed by atoms with Gasteiger partial charge in [0.2, 0.25) is 0 Å². The fourth-order valence-electron chi connectivity index (χ4n) is 5.89. The van der Waals surface area contributed by atoms with E-state index in [0.717, 1.165) is 12.4 Å². The smallest absolute Gasteiger partial charge is 0.100 e. The largest absolute Gasteiger partial charge is 0.501 e. The van der Waals surface area contributed by atoms with Gasteiger partial charge in [0.05, 0.1) is 25.7 Å². The third kappa shape index (κ3) is 1.39. The molecule has 2 aromatic rings. The lowest BCUT2D eigenvalue weighted by Crippen LogP contribution is -2.51. The highest BCUT2D eigenvalue weighted by molar-refractivity contribution is 5.64. The fourth-order valence-corrected chi connectivity index (χ4v) is 5.89. The van der Waals surface area contributed by atoms with E-state index in [2.05, 4.69) is 66.8 Å². The topological polar surface area (TPSA) is 18.5 Å². The number of benzene rings is 2. The first kappa shape index (κ1) is 13.9. The highest BCUT2D eigenvalue weighted by atomic mass is 16.5. The standard InChI is InChI=1S/C23H20O2/c1-24-20-12-22-11-10-17(20)21-15-6-2-4-8-18(15)23(22,14-25-13-22)19-9-5-3-7-16(19)21/h2-12,17,21H,13-14H2,1H3/t17-,21?,22+,23?/m1/s1. The normalized spacial score (nSPS) is 36.1. The average molecular weight is 328 g/mol. The number of rotatable bonds is 1. The first-order chi connectivity index (χ1) is 12.3. The number of hydrogen-bond donors (Lipinski definition) is 0. The molecule has 124 valence electrons. The molecule has 4 bridgehead atoms. The van der Waals surface area contributed by atoms with Crippen molar-refractivity contribution < 1.29 is 9.47 Å². The molecule has 25 heavy (non-hydrogen) atoms. The summed E-state index contributed by atoms with van der Waals surface area (Å²) in [5, 5.41) is 0. The lowest BCUT2D eigenvalue weighted by Gasteiger charge is -2.53. The first-order valence-corrected chi connectivity index (χ1v) is 9.03. The second-order valence-corrected chi connectivity index (χ2v) is 7.73. The van der Waals surface area contributed by atoms with Gasteiger partial charge in [-0.1, -0.05) is 60.7 Å². The van der Waals surface area contributed by atoms with Crippen LogP contribution in [0.5, 0.6) is 0 Å². The molecule has 9 rings (SSSR count). The van der Waals surface area contributed by atoms with E-state index in [-0.39, 0.29) is 16.7 Å². The van der Waals surface area contributed by atoms with Gasteiger partial charge in [-0.3, -0.25) is 0 Å². The van der Waals surface area contributed by atoms with E-state index in [1.807, 2.05) is 0 Å². The van der Waals surface area contributed by atoms with Crippen molar-refractivity contribution in [1.29, 1.82) is 0 Å². The molecule has 2 heteroatoms. The number of ether oxygens (including phenoxy) is 2. The van der Waals surface area contributed by atoms with E-state index < -0.39 is 0 Å². The van der Waals surface area contributed by atoms with Gasteiger partial charge in [-0.05, 0) is 28.3 Å². The van der Waals surface area contributed by atoms with Crippen LogP contribution in [-0.4, -0.2) is 20.3 Å². The van der Waals surface area contributed by atoms with Gasteiger partial charge >= 0.3 is 0 Å². The Labute approximate surface area is 147 Å². The molecule has 0 saturated carbocycles.